The van der Waals surface area contributed by atoms with E-state index in [0.717, 1.165) is 74.0 Å². The number of nitrogens with zero attached hydrogens (tertiary/aromatic N) is 2. The van der Waals surface area contributed by atoms with Crippen molar-refractivity contribution in [2.45, 2.75) is 57.2 Å². The van der Waals surface area contributed by atoms with Crippen molar-refractivity contribution in [3.63, 3.8) is 0 Å². The predicted octanol–water partition coefficient (Wildman–Crippen LogP) is 0.860. The van der Waals surface area contributed by atoms with Gasteiger partial charge in [0.15, 0.2) is 12.6 Å². The lowest BCUT2D eigenvalue weighted by Crippen LogP contribution is -3.00. The normalized spacial score (nSPS) is 26.9. The summed E-state index contributed by atoms with van der Waals surface area (Å²) in [4.78, 5) is 29.2. The van der Waals surface area contributed by atoms with Crippen LogP contribution in [0.3, 0.4) is 0 Å². The van der Waals surface area contributed by atoms with Crippen molar-refractivity contribution in [3.05, 3.63) is 71.8 Å². The smallest absolute Gasteiger partial charge is 0.331 e. The first-order chi connectivity index (χ1) is 17.5. The second-order valence-corrected chi connectivity index (χ2v) is 11.2. The summed E-state index contributed by atoms with van der Waals surface area (Å²) in [6.45, 7) is 7.58. The molecule has 4 aliphatic heterocycles. The number of amides is 1. The van der Waals surface area contributed by atoms with Gasteiger partial charge in [-0.05, 0) is 44.0 Å². The van der Waals surface area contributed by atoms with Gasteiger partial charge in [-0.1, -0.05) is 67.1 Å². The molecule has 4 heterocycles. The van der Waals surface area contributed by atoms with Crippen molar-refractivity contribution in [2.75, 3.05) is 39.3 Å². The van der Waals surface area contributed by atoms with Crippen LogP contribution in [0, 0.1) is 5.92 Å². The highest BCUT2D eigenvalue weighted by atomic mass is 35.5. The predicted molar refractivity (Wildman–Crippen MR) is 140 cm³/mol. The van der Waals surface area contributed by atoms with Crippen LogP contribution in [0.2, 0.25) is 0 Å². The molecule has 2 atom stereocenters. The van der Waals surface area contributed by atoms with E-state index in [0.29, 0.717) is 19.0 Å². The number of nitrogens with one attached hydrogen (secondary N) is 1. The first kappa shape index (κ1) is 27.6. The molecule has 1 N–H and O–H groups in total. The van der Waals surface area contributed by atoms with Gasteiger partial charge >= 0.3 is 5.97 Å². The molecule has 0 radical (unpaired) electrons. The molecule has 0 aliphatic carbocycles. The van der Waals surface area contributed by atoms with Crippen LogP contribution in [-0.2, 0) is 26.4 Å². The summed E-state index contributed by atoms with van der Waals surface area (Å²) in [5.74, 6) is 0.329. The number of hydrogen-bond acceptors (Lipinski definition) is 4. The number of rotatable bonds is 8. The van der Waals surface area contributed by atoms with E-state index in [1.165, 1.54) is 6.42 Å². The zero-order valence-electron chi connectivity index (χ0n) is 21.9. The number of benzene rings is 2. The maximum absolute atomic E-state index is 13.9. The zero-order valence-corrected chi connectivity index (χ0v) is 22.7. The zero-order chi connectivity index (χ0) is 25.0. The number of carbonyl (C=O) groups excluding carboxylic acids is 2. The highest BCUT2D eigenvalue weighted by Crippen LogP contribution is 2.38. The number of ether oxygens (including phenoxy) is 1. The van der Waals surface area contributed by atoms with Gasteiger partial charge in [0.1, 0.15) is 12.1 Å². The summed E-state index contributed by atoms with van der Waals surface area (Å²) >= 11 is 0. The summed E-state index contributed by atoms with van der Waals surface area (Å²) in [6, 6.07) is 20.1. The van der Waals surface area contributed by atoms with Crippen molar-refractivity contribution in [1.29, 1.82) is 0 Å². The number of hydrogen-bond donors (Lipinski definition) is 1. The molecule has 0 unspecified atom stereocenters. The average molecular weight is 526 g/mol. The lowest BCUT2D eigenvalue weighted by atomic mass is 9.82. The Labute approximate surface area is 227 Å². The van der Waals surface area contributed by atoms with Gasteiger partial charge in [0.05, 0.1) is 13.1 Å². The highest BCUT2D eigenvalue weighted by Gasteiger charge is 2.51. The lowest BCUT2D eigenvalue weighted by molar-refractivity contribution is -0.939. The first-order valence-electron chi connectivity index (χ1n) is 13.7. The Morgan fingerprint density at radius 1 is 0.973 bits per heavy atom. The fourth-order valence-electron chi connectivity index (χ4n) is 6.52. The summed E-state index contributed by atoms with van der Waals surface area (Å²) in [6.07, 6.45) is 5.33. The van der Waals surface area contributed by atoms with Crippen LogP contribution in [-0.4, -0.2) is 66.6 Å². The average Bonchev–Trinajstić information content (AvgIpc) is 2.93. The molecule has 2 aromatic rings. The highest BCUT2D eigenvalue weighted by molar-refractivity contribution is 5.82. The van der Waals surface area contributed by atoms with E-state index >= 15 is 0 Å². The molecular weight excluding hydrogens is 486 g/mol. The second-order valence-electron chi connectivity index (χ2n) is 11.2. The third kappa shape index (κ3) is 6.02. The molecule has 0 spiro atoms. The summed E-state index contributed by atoms with van der Waals surface area (Å²) in [5, 5.41) is 3.10. The monoisotopic (exact) mass is 525 g/mol. The van der Waals surface area contributed by atoms with Crippen LogP contribution in [0.1, 0.15) is 50.2 Å². The van der Waals surface area contributed by atoms with Gasteiger partial charge in [-0.25, -0.2) is 4.79 Å². The van der Waals surface area contributed by atoms with E-state index in [9.17, 15) is 9.59 Å². The summed E-state index contributed by atoms with van der Waals surface area (Å²) in [5.41, 5.74) is 1.32. The van der Waals surface area contributed by atoms with Gasteiger partial charge in [0.25, 0.3) is 5.91 Å². The molecule has 1 amide bonds. The molecular formula is C30H40ClN3O3. The number of likely N-dealkylation sites (tertiary alicyclic amines) is 1. The van der Waals surface area contributed by atoms with Crippen molar-refractivity contribution in [2.24, 2.45) is 5.92 Å². The van der Waals surface area contributed by atoms with E-state index < -0.39 is 5.54 Å². The van der Waals surface area contributed by atoms with E-state index in [4.69, 9.17) is 4.74 Å². The molecule has 6 rings (SSSR count). The van der Waals surface area contributed by atoms with Crippen molar-refractivity contribution >= 4 is 11.9 Å². The summed E-state index contributed by atoms with van der Waals surface area (Å²) < 4.78 is 7.13. The van der Waals surface area contributed by atoms with Gasteiger partial charge in [-0.15, -0.1) is 0 Å². The first-order valence-corrected chi connectivity index (χ1v) is 13.7. The molecule has 200 valence electrons. The molecule has 2 aromatic carbocycles. The molecule has 4 fully saturated rings. The van der Waals surface area contributed by atoms with Crippen molar-refractivity contribution in [3.8, 4) is 0 Å². The quantitative estimate of drug-likeness (QED) is 0.410. The Morgan fingerprint density at radius 2 is 1.59 bits per heavy atom. The largest absolute Gasteiger partial charge is 1.00 e. The molecule has 4 saturated heterocycles. The fraction of sp³-hybridized carbons (Fsp3) is 0.533. The number of quaternary nitrogens is 1. The molecule has 0 aromatic heterocycles. The van der Waals surface area contributed by atoms with Crippen LogP contribution in [0.15, 0.2) is 60.7 Å². The molecule has 6 nitrogen and oxygen atoms in total. The fourth-order valence-corrected chi connectivity index (χ4v) is 6.52. The van der Waals surface area contributed by atoms with Gasteiger partial charge in [0.2, 0.25) is 0 Å². The molecule has 4 aliphatic rings. The number of fused-ring (bicyclic) bond motifs is 3. The minimum absolute atomic E-state index is 0. The second kappa shape index (κ2) is 12.0. The maximum Gasteiger partial charge on any atom is 0.331 e. The molecule has 37 heavy (non-hydrogen) atoms. The van der Waals surface area contributed by atoms with E-state index in [-0.39, 0.29) is 30.4 Å². The van der Waals surface area contributed by atoms with E-state index in [1.807, 2.05) is 55.5 Å². The van der Waals surface area contributed by atoms with Gasteiger partial charge in [-0.2, -0.15) is 0 Å². The topological polar surface area (TPSA) is 58.6 Å². The third-order valence-corrected chi connectivity index (χ3v) is 8.83. The Bertz CT molecular complexity index is 1040. The molecule has 2 bridgehead atoms. The minimum atomic E-state index is -0.786. The molecule has 0 saturated carbocycles. The third-order valence-electron chi connectivity index (χ3n) is 8.83. The van der Waals surface area contributed by atoms with E-state index in [2.05, 4.69) is 22.3 Å². The maximum atomic E-state index is 13.9. The van der Waals surface area contributed by atoms with Gasteiger partial charge in [-0.3, -0.25) is 9.69 Å². The van der Waals surface area contributed by atoms with Gasteiger partial charge < -0.3 is 26.9 Å². The van der Waals surface area contributed by atoms with Crippen LogP contribution in [0.4, 0.5) is 0 Å². The number of carbonyl (C=O) groups is 2. The van der Waals surface area contributed by atoms with Crippen LogP contribution >= 0.6 is 0 Å². The Morgan fingerprint density at radius 3 is 2.24 bits per heavy atom. The summed E-state index contributed by atoms with van der Waals surface area (Å²) in [7, 11) is 0. The van der Waals surface area contributed by atoms with Crippen molar-refractivity contribution in [1.82, 2.24) is 10.2 Å². The Hall–Kier alpha value is -2.41. The lowest BCUT2D eigenvalue weighted by Gasteiger charge is -2.52. The van der Waals surface area contributed by atoms with Gasteiger partial charge in [0, 0.05) is 25.3 Å². The SMILES string of the molecule is C[C@@](C(=O)O[C@H]1C[N+]2(CC(=O)NCc3ccccc3)CCC1CC2)(c1ccccc1)N1CCCCC1.[Cl-]. The van der Waals surface area contributed by atoms with Crippen molar-refractivity contribution < 1.29 is 31.2 Å². The number of piperidine rings is 4. The standard InChI is InChI=1S/C30H39N3O3.ClH/c1-30(26-13-7-3-8-14-26,32-17-9-4-10-18-32)29(35)36-27-22-33(19-15-25(27)16-20-33)23-28(34)31-21-24-11-5-2-6-12-24;/h2-3,5-8,11-14,25,27H,4,9-10,15-23H2,1H3;1H/t25?,27-,30-,33?;/m0./s1. The van der Waals surface area contributed by atoms with E-state index in [1.54, 1.807) is 0 Å². The number of halogens is 1. The molecule has 7 heteroatoms. The van der Waals surface area contributed by atoms with Crippen LogP contribution in [0.5, 0.6) is 0 Å². The van der Waals surface area contributed by atoms with Crippen LogP contribution < -0.4 is 17.7 Å². The van der Waals surface area contributed by atoms with Crippen LogP contribution in [0.25, 0.3) is 0 Å². The number of esters is 1. The minimum Gasteiger partial charge on any atom is -1.00 e. The Kier molecular flexibility index (Phi) is 8.94. The Balaban J connectivity index is 0.00000320.